The minimum atomic E-state index is -0.247. The van der Waals surface area contributed by atoms with Gasteiger partial charge in [0.15, 0.2) is 0 Å². The minimum Gasteiger partial charge on any atom is -0.340 e. The average molecular weight is 425 g/mol. The maximum absolute atomic E-state index is 13.0. The van der Waals surface area contributed by atoms with Gasteiger partial charge in [0, 0.05) is 35.0 Å². The number of amides is 2. The molecule has 4 rings (SSSR count). The summed E-state index contributed by atoms with van der Waals surface area (Å²) in [6, 6.07) is 18.8. The summed E-state index contributed by atoms with van der Waals surface area (Å²) in [7, 11) is 0. The molecule has 0 aliphatic carbocycles. The van der Waals surface area contributed by atoms with Crippen LogP contribution in [0.15, 0.2) is 66.0 Å². The minimum absolute atomic E-state index is 0.145. The molecule has 1 aliphatic rings. The first kappa shape index (κ1) is 19.7. The van der Waals surface area contributed by atoms with Gasteiger partial charge in [-0.3, -0.25) is 9.59 Å². The molecule has 1 fully saturated rings. The van der Waals surface area contributed by atoms with Gasteiger partial charge in [0.1, 0.15) is 0 Å². The van der Waals surface area contributed by atoms with Crippen molar-refractivity contribution >= 4 is 34.8 Å². The Kier molecular flexibility index (Phi) is 5.97. The number of nitrogens with zero attached hydrogens (tertiary/aromatic N) is 1. The molecular weight excluding hydrogens is 404 g/mol. The maximum Gasteiger partial charge on any atom is 0.252 e. The van der Waals surface area contributed by atoms with E-state index in [2.05, 4.69) is 5.32 Å². The number of carbonyl (C=O) groups is 2. The van der Waals surface area contributed by atoms with E-state index in [4.69, 9.17) is 11.6 Å². The van der Waals surface area contributed by atoms with E-state index in [-0.39, 0.29) is 17.9 Å². The van der Waals surface area contributed by atoms with Gasteiger partial charge in [0.2, 0.25) is 5.91 Å². The van der Waals surface area contributed by atoms with Crippen LogP contribution in [-0.2, 0) is 11.3 Å². The number of halogens is 1. The first-order valence-electron chi connectivity index (χ1n) is 9.56. The number of nitrogens with one attached hydrogen (secondary N) is 1. The van der Waals surface area contributed by atoms with E-state index >= 15 is 0 Å². The normalized spacial score (nSPS) is 14.8. The fraction of sp³-hybridized carbons (Fsp3) is 0.217. The standard InChI is InChI=1S/C23H21ClN2O2S/c24-19-10-8-17(9-11-19)22(20-6-3-13-29-20)25-23(28)18-5-1-4-16(14-18)15-26-12-2-7-21(26)27/h1,3-6,8-11,13-14,22H,2,7,12,15H2,(H,25,28)/t22-/m1/s1. The largest absolute Gasteiger partial charge is 0.340 e. The van der Waals surface area contributed by atoms with Crippen molar-refractivity contribution in [2.75, 3.05) is 6.54 Å². The lowest BCUT2D eigenvalue weighted by molar-refractivity contribution is -0.128. The van der Waals surface area contributed by atoms with Crippen molar-refractivity contribution < 1.29 is 9.59 Å². The second kappa shape index (κ2) is 8.80. The Hall–Kier alpha value is -2.63. The van der Waals surface area contributed by atoms with E-state index in [1.807, 2.05) is 64.9 Å². The zero-order valence-corrected chi connectivity index (χ0v) is 17.4. The zero-order chi connectivity index (χ0) is 20.2. The fourth-order valence-electron chi connectivity index (χ4n) is 3.55. The van der Waals surface area contributed by atoms with E-state index in [0.29, 0.717) is 23.6 Å². The van der Waals surface area contributed by atoms with Crippen molar-refractivity contribution in [3.63, 3.8) is 0 Å². The Morgan fingerprint density at radius 1 is 1.14 bits per heavy atom. The number of rotatable bonds is 6. The van der Waals surface area contributed by atoms with Crippen molar-refractivity contribution in [2.24, 2.45) is 0 Å². The third kappa shape index (κ3) is 4.69. The number of likely N-dealkylation sites (tertiary alicyclic amines) is 1. The molecule has 6 heteroatoms. The SMILES string of the molecule is O=C(N[C@H](c1ccc(Cl)cc1)c1cccs1)c1cccc(CN2CCCC2=O)c1. The quantitative estimate of drug-likeness (QED) is 0.602. The molecule has 4 nitrogen and oxygen atoms in total. The Bertz CT molecular complexity index is 1000. The van der Waals surface area contributed by atoms with Crippen LogP contribution in [0.1, 0.15) is 45.2 Å². The monoisotopic (exact) mass is 424 g/mol. The highest BCUT2D eigenvalue weighted by Crippen LogP contribution is 2.27. The fourth-order valence-corrected chi connectivity index (χ4v) is 4.47. The molecule has 2 aromatic carbocycles. The predicted octanol–water partition coefficient (Wildman–Crippen LogP) is 5.04. The van der Waals surface area contributed by atoms with Gasteiger partial charge in [-0.1, -0.05) is 41.9 Å². The summed E-state index contributed by atoms with van der Waals surface area (Å²) in [6.07, 6.45) is 1.52. The summed E-state index contributed by atoms with van der Waals surface area (Å²) in [5.41, 5.74) is 2.53. The van der Waals surface area contributed by atoms with Crippen LogP contribution in [0.5, 0.6) is 0 Å². The van der Waals surface area contributed by atoms with Crippen LogP contribution in [-0.4, -0.2) is 23.3 Å². The van der Waals surface area contributed by atoms with Crippen LogP contribution in [0.2, 0.25) is 5.02 Å². The number of thiophene rings is 1. The van der Waals surface area contributed by atoms with Crippen molar-refractivity contribution in [3.05, 3.63) is 92.6 Å². The van der Waals surface area contributed by atoms with Crippen LogP contribution < -0.4 is 5.32 Å². The zero-order valence-electron chi connectivity index (χ0n) is 15.8. The lowest BCUT2D eigenvalue weighted by Crippen LogP contribution is -2.29. The number of benzene rings is 2. The lowest BCUT2D eigenvalue weighted by atomic mass is 10.0. The summed E-state index contributed by atoms with van der Waals surface area (Å²) in [5.74, 6) is 0.0355. The summed E-state index contributed by atoms with van der Waals surface area (Å²) in [4.78, 5) is 27.8. The molecule has 3 aromatic rings. The Morgan fingerprint density at radius 2 is 1.97 bits per heavy atom. The summed E-state index contributed by atoms with van der Waals surface area (Å²) >= 11 is 7.63. The predicted molar refractivity (Wildman–Crippen MR) is 116 cm³/mol. The van der Waals surface area contributed by atoms with Crippen LogP contribution in [0.3, 0.4) is 0 Å². The molecule has 0 bridgehead atoms. The van der Waals surface area contributed by atoms with E-state index in [1.54, 1.807) is 17.4 Å². The van der Waals surface area contributed by atoms with Gasteiger partial charge in [0.05, 0.1) is 6.04 Å². The topological polar surface area (TPSA) is 49.4 Å². The molecule has 0 saturated carbocycles. The van der Waals surface area contributed by atoms with Crippen molar-refractivity contribution in [1.29, 1.82) is 0 Å². The molecule has 1 aromatic heterocycles. The van der Waals surface area contributed by atoms with Gasteiger partial charge in [-0.2, -0.15) is 0 Å². The molecule has 0 spiro atoms. The van der Waals surface area contributed by atoms with Crippen LogP contribution in [0.4, 0.5) is 0 Å². The van der Waals surface area contributed by atoms with Crippen LogP contribution in [0.25, 0.3) is 0 Å². The summed E-state index contributed by atoms with van der Waals surface area (Å²) < 4.78 is 0. The smallest absolute Gasteiger partial charge is 0.252 e. The Labute approximate surface area is 179 Å². The number of hydrogen-bond donors (Lipinski definition) is 1. The number of hydrogen-bond acceptors (Lipinski definition) is 3. The third-order valence-corrected chi connectivity index (χ3v) is 6.23. The van der Waals surface area contributed by atoms with E-state index in [1.165, 1.54) is 0 Å². The molecule has 0 unspecified atom stereocenters. The molecule has 1 atom stereocenters. The van der Waals surface area contributed by atoms with Gasteiger partial charge in [0.25, 0.3) is 5.91 Å². The molecule has 1 saturated heterocycles. The van der Waals surface area contributed by atoms with Gasteiger partial charge in [-0.25, -0.2) is 0 Å². The molecule has 148 valence electrons. The van der Waals surface area contributed by atoms with Gasteiger partial charge >= 0.3 is 0 Å². The molecule has 2 heterocycles. The number of carbonyl (C=O) groups excluding carboxylic acids is 2. The van der Waals surface area contributed by atoms with Gasteiger partial charge in [-0.05, 0) is 53.3 Å². The molecular formula is C23H21ClN2O2S. The van der Waals surface area contributed by atoms with Gasteiger partial charge in [-0.15, -0.1) is 11.3 Å². The Balaban J connectivity index is 1.54. The second-order valence-electron chi connectivity index (χ2n) is 7.09. The highest BCUT2D eigenvalue weighted by molar-refractivity contribution is 7.10. The van der Waals surface area contributed by atoms with Crippen LogP contribution >= 0.6 is 22.9 Å². The highest BCUT2D eigenvalue weighted by Gasteiger charge is 2.21. The second-order valence-corrected chi connectivity index (χ2v) is 8.51. The molecule has 2 amide bonds. The summed E-state index contributed by atoms with van der Waals surface area (Å²) in [6.45, 7) is 1.33. The highest BCUT2D eigenvalue weighted by atomic mass is 35.5. The molecule has 1 aliphatic heterocycles. The third-order valence-electron chi connectivity index (χ3n) is 5.04. The van der Waals surface area contributed by atoms with E-state index in [0.717, 1.165) is 29.0 Å². The Morgan fingerprint density at radius 3 is 2.66 bits per heavy atom. The van der Waals surface area contributed by atoms with E-state index in [9.17, 15) is 9.59 Å². The lowest BCUT2D eigenvalue weighted by Gasteiger charge is -2.19. The van der Waals surface area contributed by atoms with Crippen molar-refractivity contribution in [3.8, 4) is 0 Å². The van der Waals surface area contributed by atoms with Gasteiger partial charge < -0.3 is 10.2 Å². The molecule has 29 heavy (non-hydrogen) atoms. The maximum atomic E-state index is 13.0. The van der Waals surface area contributed by atoms with Crippen molar-refractivity contribution in [1.82, 2.24) is 10.2 Å². The average Bonchev–Trinajstić information content (AvgIpc) is 3.39. The van der Waals surface area contributed by atoms with Crippen molar-refractivity contribution in [2.45, 2.75) is 25.4 Å². The molecule has 0 radical (unpaired) electrons. The first-order valence-corrected chi connectivity index (χ1v) is 10.8. The first-order chi connectivity index (χ1) is 14.1. The molecule has 1 N–H and O–H groups in total. The van der Waals surface area contributed by atoms with E-state index < -0.39 is 0 Å². The summed E-state index contributed by atoms with van der Waals surface area (Å²) in [5, 5.41) is 5.81. The van der Waals surface area contributed by atoms with Crippen LogP contribution in [0, 0.1) is 0 Å².